The number of rotatable bonds is 5. The highest BCUT2D eigenvalue weighted by Crippen LogP contribution is 2.44. The Bertz CT molecular complexity index is 357. The maximum absolute atomic E-state index is 4.09. The lowest BCUT2D eigenvalue weighted by atomic mass is 9.66. The smallest absolute Gasteiger partial charge is 0.0179 e. The first-order chi connectivity index (χ1) is 8.74. The third-order valence-electron chi connectivity index (χ3n) is 4.76. The summed E-state index contributed by atoms with van der Waals surface area (Å²) in [7, 11) is 0. The van der Waals surface area contributed by atoms with E-state index in [9.17, 15) is 0 Å². The lowest BCUT2D eigenvalue weighted by Crippen LogP contribution is -2.29. The average Bonchev–Trinajstić information content (AvgIpc) is 2.41. The third-order valence-corrected chi connectivity index (χ3v) is 4.76. The molecule has 0 spiro atoms. The van der Waals surface area contributed by atoms with Crippen LogP contribution in [0.5, 0.6) is 0 Å². The molecule has 0 aliphatic heterocycles. The summed E-state index contributed by atoms with van der Waals surface area (Å²) in [6, 6.07) is 10.9. The normalized spacial score (nSPS) is 20.3. The zero-order valence-electron chi connectivity index (χ0n) is 11.7. The lowest BCUT2D eigenvalue weighted by Gasteiger charge is -2.39. The zero-order chi connectivity index (χ0) is 12.8. The molecule has 0 heterocycles. The van der Waals surface area contributed by atoms with Crippen molar-refractivity contribution in [2.24, 2.45) is 11.3 Å². The van der Waals surface area contributed by atoms with Gasteiger partial charge in [0.15, 0.2) is 0 Å². The molecule has 1 aliphatic carbocycles. The van der Waals surface area contributed by atoms with E-state index in [0.717, 1.165) is 0 Å². The number of hydrogen-bond donors (Lipinski definition) is 0. The second-order valence-corrected chi connectivity index (χ2v) is 6.08. The Balaban J connectivity index is 1.94. The molecule has 0 aromatic heterocycles. The van der Waals surface area contributed by atoms with Gasteiger partial charge in [0.2, 0.25) is 0 Å². The van der Waals surface area contributed by atoms with Crippen LogP contribution in [0.1, 0.15) is 51.0 Å². The molecule has 0 radical (unpaired) electrons. The predicted molar refractivity (Wildman–Crippen MR) is 79.6 cm³/mol. The molecule has 0 N–H and O–H groups in total. The predicted octanol–water partition coefficient (Wildman–Crippen LogP) is 5.39. The van der Waals surface area contributed by atoms with Crippen LogP contribution in [0.3, 0.4) is 0 Å². The second-order valence-electron chi connectivity index (χ2n) is 6.08. The Kier molecular flexibility index (Phi) is 4.63. The van der Waals surface area contributed by atoms with E-state index in [1.807, 2.05) is 0 Å². The molecule has 1 saturated carbocycles. The van der Waals surface area contributed by atoms with Crippen molar-refractivity contribution in [1.29, 1.82) is 0 Å². The molecule has 1 aromatic carbocycles. The second kappa shape index (κ2) is 6.22. The summed E-state index contributed by atoms with van der Waals surface area (Å²) in [5.74, 6) is 0.679. The third kappa shape index (κ3) is 3.25. The number of benzene rings is 1. The molecule has 0 amide bonds. The van der Waals surface area contributed by atoms with E-state index >= 15 is 0 Å². The summed E-state index contributed by atoms with van der Waals surface area (Å²) in [5, 5.41) is 0. The molecule has 1 atom stereocenters. The van der Waals surface area contributed by atoms with Crippen LogP contribution in [0.15, 0.2) is 43.0 Å². The van der Waals surface area contributed by atoms with Gasteiger partial charge in [0.05, 0.1) is 0 Å². The fourth-order valence-electron chi connectivity index (χ4n) is 3.45. The highest BCUT2D eigenvalue weighted by Gasteiger charge is 2.33. The quantitative estimate of drug-likeness (QED) is 0.607. The first kappa shape index (κ1) is 13.4. The topological polar surface area (TPSA) is 0 Å². The van der Waals surface area contributed by atoms with Crippen LogP contribution in [-0.2, 0) is 6.42 Å². The van der Waals surface area contributed by atoms with Crippen molar-refractivity contribution in [3.05, 3.63) is 48.6 Å². The fourth-order valence-corrected chi connectivity index (χ4v) is 3.45. The standard InChI is InChI=1S/C18H26/c1-3-17(18(2)14-8-5-9-15-18)13-12-16-10-6-4-7-11-16/h3-4,6-7,10-11,17H,1,5,8-9,12-15H2,2H3. The maximum atomic E-state index is 4.09. The Morgan fingerprint density at radius 3 is 2.44 bits per heavy atom. The Hall–Kier alpha value is -1.04. The van der Waals surface area contributed by atoms with E-state index < -0.39 is 0 Å². The van der Waals surface area contributed by atoms with Crippen molar-refractivity contribution >= 4 is 0 Å². The molecule has 1 fully saturated rings. The van der Waals surface area contributed by atoms with E-state index in [-0.39, 0.29) is 0 Å². The van der Waals surface area contributed by atoms with Gasteiger partial charge >= 0.3 is 0 Å². The fraction of sp³-hybridized carbons (Fsp3) is 0.556. The van der Waals surface area contributed by atoms with Crippen molar-refractivity contribution in [2.45, 2.75) is 51.9 Å². The molecule has 0 bridgehead atoms. The van der Waals surface area contributed by atoms with Gasteiger partial charge in [0.1, 0.15) is 0 Å². The molecular formula is C18H26. The molecule has 1 aromatic rings. The molecule has 0 nitrogen and oxygen atoms in total. The largest absolute Gasteiger partial charge is 0.103 e. The van der Waals surface area contributed by atoms with Crippen LogP contribution in [0.4, 0.5) is 0 Å². The Morgan fingerprint density at radius 2 is 1.83 bits per heavy atom. The Labute approximate surface area is 112 Å². The molecule has 18 heavy (non-hydrogen) atoms. The van der Waals surface area contributed by atoms with Crippen LogP contribution in [0, 0.1) is 11.3 Å². The van der Waals surface area contributed by atoms with Gasteiger partial charge in [-0.25, -0.2) is 0 Å². The van der Waals surface area contributed by atoms with Gasteiger partial charge in [0.25, 0.3) is 0 Å². The van der Waals surface area contributed by atoms with Gasteiger partial charge < -0.3 is 0 Å². The van der Waals surface area contributed by atoms with Crippen LogP contribution in [0.2, 0.25) is 0 Å². The van der Waals surface area contributed by atoms with Crippen LogP contribution >= 0.6 is 0 Å². The van der Waals surface area contributed by atoms with Crippen molar-refractivity contribution in [3.8, 4) is 0 Å². The highest BCUT2D eigenvalue weighted by molar-refractivity contribution is 5.15. The summed E-state index contributed by atoms with van der Waals surface area (Å²) in [6.45, 7) is 6.57. The molecule has 0 heteroatoms. The van der Waals surface area contributed by atoms with Gasteiger partial charge in [-0.2, -0.15) is 0 Å². The summed E-state index contributed by atoms with van der Waals surface area (Å²) in [6.07, 6.45) is 11.7. The number of allylic oxidation sites excluding steroid dienone is 1. The van der Waals surface area contributed by atoms with Gasteiger partial charge in [-0.1, -0.05) is 62.6 Å². The SMILES string of the molecule is C=CC(CCc1ccccc1)C1(C)CCCCC1. The van der Waals surface area contributed by atoms with E-state index in [2.05, 4.69) is 49.9 Å². The highest BCUT2D eigenvalue weighted by atomic mass is 14.4. The minimum Gasteiger partial charge on any atom is -0.103 e. The molecule has 0 saturated heterocycles. The number of aryl methyl sites for hydroxylation is 1. The average molecular weight is 242 g/mol. The van der Waals surface area contributed by atoms with Gasteiger partial charge in [-0.15, -0.1) is 6.58 Å². The minimum atomic E-state index is 0.509. The minimum absolute atomic E-state index is 0.509. The van der Waals surface area contributed by atoms with Crippen LogP contribution in [0.25, 0.3) is 0 Å². The number of hydrogen-bond acceptors (Lipinski definition) is 0. The van der Waals surface area contributed by atoms with E-state index in [4.69, 9.17) is 0 Å². The Morgan fingerprint density at radius 1 is 1.17 bits per heavy atom. The summed E-state index contributed by atoms with van der Waals surface area (Å²) in [4.78, 5) is 0. The molecule has 1 aliphatic rings. The van der Waals surface area contributed by atoms with Gasteiger partial charge in [0, 0.05) is 0 Å². The van der Waals surface area contributed by atoms with Gasteiger partial charge in [-0.05, 0) is 42.6 Å². The van der Waals surface area contributed by atoms with E-state index in [1.54, 1.807) is 0 Å². The molecule has 2 rings (SSSR count). The zero-order valence-corrected chi connectivity index (χ0v) is 11.7. The molecular weight excluding hydrogens is 216 g/mol. The van der Waals surface area contributed by atoms with Gasteiger partial charge in [-0.3, -0.25) is 0 Å². The van der Waals surface area contributed by atoms with Crippen LogP contribution < -0.4 is 0 Å². The molecule has 98 valence electrons. The summed E-state index contributed by atoms with van der Waals surface area (Å²) >= 11 is 0. The summed E-state index contributed by atoms with van der Waals surface area (Å²) < 4.78 is 0. The van der Waals surface area contributed by atoms with Crippen LogP contribution in [-0.4, -0.2) is 0 Å². The first-order valence-corrected chi connectivity index (χ1v) is 7.41. The van der Waals surface area contributed by atoms with Crippen molar-refractivity contribution in [1.82, 2.24) is 0 Å². The first-order valence-electron chi connectivity index (χ1n) is 7.41. The van der Waals surface area contributed by atoms with Crippen molar-refractivity contribution < 1.29 is 0 Å². The lowest BCUT2D eigenvalue weighted by molar-refractivity contribution is 0.143. The van der Waals surface area contributed by atoms with E-state index in [1.165, 1.54) is 50.5 Å². The van der Waals surface area contributed by atoms with Crippen molar-refractivity contribution in [2.75, 3.05) is 0 Å². The monoisotopic (exact) mass is 242 g/mol. The van der Waals surface area contributed by atoms with E-state index in [0.29, 0.717) is 11.3 Å². The maximum Gasteiger partial charge on any atom is -0.0179 e. The summed E-state index contributed by atoms with van der Waals surface area (Å²) in [5.41, 5.74) is 1.97. The van der Waals surface area contributed by atoms with Crippen molar-refractivity contribution in [3.63, 3.8) is 0 Å². The molecule has 1 unspecified atom stereocenters.